The molecule has 100 valence electrons. The van der Waals surface area contributed by atoms with E-state index in [0.717, 1.165) is 5.56 Å². The second-order valence-corrected chi connectivity index (χ2v) is 4.40. The topological polar surface area (TPSA) is 55.5 Å². The van der Waals surface area contributed by atoms with Gasteiger partial charge in [-0.25, -0.2) is 4.39 Å². The smallest absolute Gasteiger partial charge is 0.126 e. The van der Waals surface area contributed by atoms with E-state index >= 15 is 0 Å². The maximum atomic E-state index is 13.1. The highest BCUT2D eigenvalue weighted by atomic mass is 19.1. The Bertz CT molecular complexity index is 555. The summed E-state index contributed by atoms with van der Waals surface area (Å²) in [5.41, 5.74) is 7.75. The summed E-state index contributed by atoms with van der Waals surface area (Å²) in [5, 5.41) is 9.97. The Hall–Kier alpha value is -2.07. The molecule has 2 aromatic carbocycles. The number of halogens is 1. The molecule has 0 saturated heterocycles. The van der Waals surface area contributed by atoms with Crippen LogP contribution in [0.25, 0.3) is 0 Å². The molecule has 0 amide bonds. The molecular weight excluding hydrogens is 245 g/mol. The third kappa shape index (κ3) is 3.45. The molecule has 0 aliphatic heterocycles. The Labute approximate surface area is 111 Å². The van der Waals surface area contributed by atoms with Crippen molar-refractivity contribution in [2.45, 2.75) is 13.0 Å². The van der Waals surface area contributed by atoms with Gasteiger partial charge in [0.1, 0.15) is 24.3 Å². The quantitative estimate of drug-likeness (QED) is 0.832. The van der Waals surface area contributed by atoms with Crippen molar-refractivity contribution in [1.82, 2.24) is 0 Å². The number of anilines is 1. The van der Waals surface area contributed by atoms with Crippen LogP contribution >= 0.6 is 0 Å². The normalized spacial score (nSPS) is 12.2. The lowest BCUT2D eigenvalue weighted by molar-refractivity contribution is 0.107. The van der Waals surface area contributed by atoms with Gasteiger partial charge in [0.25, 0.3) is 0 Å². The van der Waals surface area contributed by atoms with Crippen LogP contribution in [0.15, 0.2) is 42.5 Å². The molecule has 2 aromatic rings. The monoisotopic (exact) mass is 261 g/mol. The molecule has 0 aromatic heterocycles. The van der Waals surface area contributed by atoms with Crippen LogP contribution in [0.3, 0.4) is 0 Å². The Morgan fingerprint density at radius 3 is 2.58 bits per heavy atom. The van der Waals surface area contributed by atoms with Crippen molar-refractivity contribution in [2.24, 2.45) is 0 Å². The summed E-state index contributed by atoms with van der Waals surface area (Å²) in [6.07, 6.45) is -0.775. The van der Waals surface area contributed by atoms with Gasteiger partial charge in [0.2, 0.25) is 0 Å². The number of nitrogen functional groups attached to an aromatic ring is 1. The van der Waals surface area contributed by atoms with Crippen LogP contribution in [-0.4, -0.2) is 11.7 Å². The van der Waals surface area contributed by atoms with Gasteiger partial charge in [0, 0.05) is 11.8 Å². The number of aryl methyl sites for hydroxylation is 1. The molecule has 19 heavy (non-hydrogen) atoms. The molecule has 1 atom stereocenters. The van der Waals surface area contributed by atoms with Crippen LogP contribution in [0, 0.1) is 12.7 Å². The maximum Gasteiger partial charge on any atom is 0.126 e. The lowest BCUT2D eigenvalue weighted by atomic mass is 10.1. The molecule has 1 unspecified atom stereocenters. The van der Waals surface area contributed by atoms with E-state index in [1.165, 1.54) is 12.1 Å². The van der Waals surface area contributed by atoms with Gasteiger partial charge in [-0.05, 0) is 36.2 Å². The fraction of sp³-hybridized carbons (Fsp3) is 0.200. The van der Waals surface area contributed by atoms with Crippen molar-refractivity contribution in [3.05, 3.63) is 59.4 Å². The van der Waals surface area contributed by atoms with E-state index in [2.05, 4.69) is 0 Å². The molecule has 0 aliphatic rings. The Kier molecular flexibility index (Phi) is 4.02. The maximum absolute atomic E-state index is 13.1. The lowest BCUT2D eigenvalue weighted by Gasteiger charge is -2.14. The van der Waals surface area contributed by atoms with Gasteiger partial charge in [-0.2, -0.15) is 0 Å². The highest BCUT2D eigenvalue weighted by Crippen LogP contribution is 2.21. The predicted molar refractivity (Wildman–Crippen MR) is 72.4 cm³/mol. The number of ether oxygens (including phenoxy) is 1. The summed E-state index contributed by atoms with van der Waals surface area (Å²) in [7, 11) is 0. The van der Waals surface area contributed by atoms with Gasteiger partial charge in [-0.1, -0.05) is 18.2 Å². The fourth-order valence-corrected chi connectivity index (χ4v) is 1.71. The highest BCUT2D eigenvalue weighted by Gasteiger charge is 2.09. The minimum Gasteiger partial charge on any atom is -0.490 e. The number of benzene rings is 2. The molecule has 0 heterocycles. The molecule has 3 nitrogen and oxygen atoms in total. The van der Waals surface area contributed by atoms with Crippen molar-refractivity contribution in [3.8, 4) is 5.75 Å². The van der Waals surface area contributed by atoms with Gasteiger partial charge < -0.3 is 15.6 Å². The number of nitrogens with two attached hydrogens (primary N) is 1. The fourth-order valence-electron chi connectivity index (χ4n) is 1.71. The van der Waals surface area contributed by atoms with Crippen LogP contribution in [0.5, 0.6) is 5.75 Å². The zero-order chi connectivity index (χ0) is 13.8. The van der Waals surface area contributed by atoms with E-state index < -0.39 is 6.10 Å². The largest absolute Gasteiger partial charge is 0.490 e. The molecule has 2 rings (SSSR count). The van der Waals surface area contributed by atoms with Crippen molar-refractivity contribution >= 4 is 5.69 Å². The second kappa shape index (κ2) is 5.71. The molecule has 0 fully saturated rings. The number of hydrogen-bond acceptors (Lipinski definition) is 3. The molecule has 0 bridgehead atoms. The van der Waals surface area contributed by atoms with Gasteiger partial charge >= 0.3 is 0 Å². The predicted octanol–water partition coefficient (Wildman–Crippen LogP) is 2.83. The molecule has 0 spiro atoms. The molecule has 4 heteroatoms. The Balaban J connectivity index is 2.02. The summed E-state index contributed by atoms with van der Waals surface area (Å²) < 4.78 is 18.5. The van der Waals surface area contributed by atoms with Crippen LogP contribution in [0.4, 0.5) is 10.1 Å². The first kappa shape index (κ1) is 13.4. The summed E-state index contributed by atoms with van der Waals surface area (Å²) >= 11 is 0. The molecule has 3 N–H and O–H groups in total. The van der Waals surface area contributed by atoms with Crippen LogP contribution in [0.2, 0.25) is 0 Å². The third-order valence-electron chi connectivity index (χ3n) is 2.87. The highest BCUT2D eigenvalue weighted by molar-refractivity contribution is 5.40. The second-order valence-electron chi connectivity index (χ2n) is 4.40. The SMILES string of the molecule is Cc1ccc(F)cc1OCC(O)c1ccc(N)cc1. The first-order valence-electron chi connectivity index (χ1n) is 5.98. The third-order valence-corrected chi connectivity index (χ3v) is 2.87. The summed E-state index contributed by atoms with van der Waals surface area (Å²) in [4.78, 5) is 0. The average Bonchev–Trinajstić information content (AvgIpc) is 2.40. The summed E-state index contributed by atoms with van der Waals surface area (Å²) in [6.45, 7) is 1.89. The first-order valence-corrected chi connectivity index (χ1v) is 5.98. The van der Waals surface area contributed by atoms with Crippen molar-refractivity contribution in [1.29, 1.82) is 0 Å². The van der Waals surface area contributed by atoms with Crippen LogP contribution in [-0.2, 0) is 0 Å². The van der Waals surface area contributed by atoms with Crippen molar-refractivity contribution in [2.75, 3.05) is 12.3 Å². The zero-order valence-electron chi connectivity index (χ0n) is 10.6. The zero-order valence-corrected chi connectivity index (χ0v) is 10.6. The van der Waals surface area contributed by atoms with Gasteiger partial charge in [-0.3, -0.25) is 0 Å². The molecule has 0 radical (unpaired) electrons. The van der Waals surface area contributed by atoms with Crippen LogP contribution < -0.4 is 10.5 Å². The van der Waals surface area contributed by atoms with E-state index in [9.17, 15) is 9.50 Å². The van der Waals surface area contributed by atoms with Crippen molar-refractivity contribution < 1.29 is 14.2 Å². The Morgan fingerprint density at radius 2 is 1.89 bits per heavy atom. The van der Waals surface area contributed by atoms with E-state index in [0.29, 0.717) is 17.0 Å². The van der Waals surface area contributed by atoms with E-state index in [-0.39, 0.29) is 12.4 Å². The number of hydrogen-bond donors (Lipinski definition) is 2. The van der Waals surface area contributed by atoms with E-state index in [1.54, 1.807) is 30.3 Å². The minimum absolute atomic E-state index is 0.0637. The Morgan fingerprint density at radius 1 is 1.21 bits per heavy atom. The molecule has 0 saturated carbocycles. The lowest BCUT2D eigenvalue weighted by Crippen LogP contribution is -2.10. The van der Waals surface area contributed by atoms with Gasteiger partial charge in [-0.15, -0.1) is 0 Å². The standard InChI is InChI=1S/C15H16FNO2/c1-10-2-5-12(16)8-15(10)19-9-14(18)11-3-6-13(17)7-4-11/h2-8,14,18H,9,17H2,1H3. The average molecular weight is 261 g/mol. The van der Waals surface area contributed by atoms with Crippen LogP contribution in [0.1, 0.15) is 17.2 Å². The molecular formula is C15H16FNO2. The number of aliphatic hydroxyl groups is 1. The van der Waals surface area contributed by atoms with Gasteiger partial charge in [0.15, 0.2) is 0 Å². The number of aliphatic hydroxyl groups excluding tert-OH is 1. The molecule has 0 aliphatic carbocycles. The van der Waals surface area contributed by atoms with Gasteiger partial charge in [0.05, 0.1) is 0 Å². The minimum atomic E-state index is -0.775. The van der Waals surface area contributed by atoms with Crippen molar-refractivity contribution in [3.63, 3.8) is 0 Å². The van der Waals surface area contributed by atoms with E-state index in [1.807, 2.05) is 6.92 Å². The first-order chi connectivity index (χ1) is 9.06. The number of rotatable bonds is 4. The summed E-state index contributed by atoms with van der Waals surface area (Å²) in [5.74, 6) is 0.0806. The van der Waals surface area contributed by atoms with E-state index in [4.69, 9.17) is 10.5 Å². The summed E-state index contributed by atoms with van der Waals surface area (Å²) in [6, 6.07) is 11.2.